The van der Waals surface area contributed by atoms with Gasteiger partial charge in [-0.05, 0) is 43.0 Å². The van der Waals surface area contributed by atoms with Crippen molar-refractivity contribution in [2.75, 3.05) is 6.54 Å². The van der Waals surface area contributed by atoms with Crippen LogP contribution in [0.25, 0.3) is 10.4 Å². The van der Waals surface area contributed by atoms with Crippen molar-refractivity contribution in [3.05, 3.63) is 76.4 Å². The van der Waals surface area contributed by atoms with Gasteiger partial charge in [0.1, 0.15) is 6.04 Å². The van der Waals surface area contributed by atoms with E-state index < -0.39 is 30.2 Å². The van der Waals surface area contributed by atoms with Gasteiger partial charge in [0, 0.05) is 31.5 Å². The van der Waals surface area contributed by atoms with Gasteiger partial charge < -0.3 is 20.0 Å². The summed E-state index contributed by atoms with van der Waals surface area (Å²) < 4.78 is 0. The zero-order chi connectivity index (χ0) is 27.0. The molecule has 3 heterocycles. The minimum Gasteiger partial charge on any atom is -0.391 e. The van der Waals surface area contributed by atoms with Crippen molar-refractivity contribution in [1.29, 1.82) is 0 Å². The number of amides is 2. The number of ketones is 1. The molecule has 2 amide bonds. The quantitative estimate of drug-likeness (QED) is 0.461. The van der Waals surface area contributed by atoms with E-state index in [0.717, 1.165) is 27.3 Å². The zero-order valence-corrected chi connectivity index (χ0v) is 22.2. The Labute approximate surface area is 225 Å². The van der Waals surface area contributed by atoms with Crippen molar-refractivity contribution in [2.45, 2.75) is 63.9 Å². The number of rotatable bonds is 8. The molecule has 1 aromatic heterocycles. The summed E-state index contributed by atoms with van der Waals surface area (Å²) in [6, 6.07) is 13.2. The Kier molecular flexibility index (Phi) is 7.43. The predicted molar refractivity (Wildman–Crippen MR) is 144 cm³/mol. The van der Waals surface area contributed by atoms with E-state index >= 15 is 0 Å². The second-order valence-corrected chi connectivity index (χ2v) is 11.0. The third-order valence-electron chi connectivity index (χ3n) is 7.45. The summed E-state index contributed by atoms with van der Waals surface area (Å²) in [5.41, 5.74) is 6.19. The summed E-state index contributed by atoms with van der Waals surface area (Å²) in [6.45, 7) is 3.65. The van der Waals surface area contributed by atoms with Crippen LogP contribution < -0.4 is 0 Å². The monoisotopic (exact) mass is 533 g/mol. The standard InChI is InChI=1S/C29H31N3O5S/c1-17-27(38-16-30-17)20-10-7-19(8-11-20)9-12-25(35)24-13-22(34)15-31(24)29(37)26(18(2)33)32-14-21-5-3-4-6-23(21)28(32)36/h3-8,10-11,16,18,22,24,26,33-34H,9,12-15H2,1-2H3/t18-,22+,24-,26-/m0/s1. The van der Waals surface area contributed by atoms with Crippen LogP contribution in [-0.2, 0) is 22.6 Å². The Balaban J connectivity index is 1.27. The SMILES string of the molecule is Cc1ncsc1-c1ccc(CCC(=O)[C@@H]2C[C@@H](O)CN2C(=O)[C@H]([C@H](C)O)N2Cc3ccccc3C2=O)cc1. The molecule has 0 aliphatic carbocycles. The molecule has 8 nitrogen and oxygen atoms in total. The average Bonchev–Trinajstić information content (AvgIpc) is 3.60. The Bertz CT molecular complexity index is 1350. The number of aliphatic hydroxyl groups excluding tert-OH is 2. The molecule has 0 spiro atoms. The highest BCUT2D eigenvalue weighted by Crippen LogP contribution is 2.30. The van der Waals surface area contributed by atoms with Crippen LogP contribution in [-0.4, -0.2) is 73.4 Å². The maximum absolute atomic E-state index is 13.7. The second-order valence-electron chi connectivity index (χ2n) is 10.1. The molecule has 2 N–H and O–H groups in total. The smallest absolute Gasteiger partial charge is 0.255 e. The van der Waals surface area contributed by atoms with Gasteiger partial charge in [-0.2, -0.15) is 0 Å². The summed E-state index contributed by atoms with van der Waals surface area (Å²) in [4.78, 5) is 48.2. The number of aliphatic hydroxyl groups is 2. The first-order valence-corrected chi connectivity index (χ1v) is 13.7. The number of β-amino-alcohol motifs (C(OH)–C–C–N with tert-alkyl or cyclic N) is 1. The van der Waals surface area contributed by atoms with Gasteiger partial charge in [-0.3, -0.25) is 14.4 Å². The first-order valence-electron chi connectivity index (χ1n) is 12.8. The number of carbonyl (C=O) groups excluding carboxylic acids is 3. The van der Waals surface area contributed by atoms with Gasteiger partial charge in [-0.15, -0.1) is 11.3 Å². The number of likely N-dealkylation sites (tertiary alicyclic amines) is 1. The van der Waals surface area contributed by atoms with Gasteiger partial charge in [0.15, 0.2) is 5.78 Å². The molecule has 4 atom stereocenters. The summed E-state index contributed by atoms with van der Waals surface area (Å²) in [7, 11) is 0. The molecule has 3 aromatic rings. The van der Waals surface area contributed by atoms with Gasteiger partial charge in [0.25, 0.3) is 5.91 Å². The summed E-state index contributed by atoms with van der Waals surface area (Å²) in [5, 5.41) is 20.9. The number of hydrogen-bond donors (Lipinski definition) is 2. The third-order valence-corrected chi connectivity index (χ3v) is 8.43. The van der Waals surface area contributed by atoms with Crippen molar-refractivity contribution >= 4 is 28.9 Å². The molecular formula is C29H31N3O5S. The van der Waals surface area contributed by atoms with E-state index in [4.69, 9.17) is 0 Å². The molecule has 0 radical (unpaired) electrons. The van der Waals surface area contributed by atoms with Crippen LogP contribution in [0.2, 0.25) is 0 Å². The van der Waals surface area contributed by atoms with Crippen molar-refractivity contribution in [2.24, 2.45) is 0 Å². The lowest BCUT2D eigenvalue weighted by atomic mass is 9.99. The number of thiazole rings is 1. The maximum Gasteiger partial charge on any atom is 0.255 e. The number of hydrogen-bond acceptors (Lipinski definition) is 7. The highest BCUT2D eigenvalue weighted by molar-refractivity contribution is 7.13. The van der Waals surface area contributed by atoms with Gasteiger partial charge in [0.05, 0.1) is 34.3 Å². The average molecular weight is 534 g/mol. The fourth-order valence-corrected chi connectivity index (χ4v) is 6.28. The highest BCUT2D eigenvalue weighted by atomic mass is 32.1. The summed E-state index contributed by atoms with van der Waals surface area (Å²) in [5.74, 6) is -0.975. The molecule has 198 valence electrons. The topological polar surface area (TPSA) is 111 Å². The Morgan fingerprint density at radius 1 is 1.16 bits per heavy atom. The van der Waals surface area contributed by atoms with Crippen molar-refractivity contribution in [1.82, 2.24) is 14.8 Å². The molecule has 2 aliphatic heterocycles. The fraction of sp³-hybridized carbons (Fsp3) is 0.379. The van der Waals surface area contributed by atoms with E-state index in [1.54, 1.807) is 23.5 Å². The summed E-state index contributed by atoms with van der Waals surface area (Å²) in [6.07, 6.45) is -1.11. The number of aryl methyl sites for hydroxylation is 2. The van der Waals surface area contributed by atoms with E-state index in [0.29, 0.717) is 12.0 Å². The minimum atomic E-state index is -1.14. The lowest BCUT2D eigenvalue weighted by Crippen LogP contribution is -2.56. The Hall–Kier alpha value is -3.40. The van der Waals surface area contributed by atoms with Crippen LogP contribution >= 0.6 is 11.3 Å². The van der Waals surface area contributed by atoms with Crippen molar-refractivity contribution < 1.29 is 24.6 Å². The largest absolute Gasteiger partial charge is 0.391 e. The van der Waals surface area contributed by atoms with E-state index in [9.17, 15) is 24.6 Å². The number of nitrogens with zero attached hydrogens (tertiary/aromatic N) is 3. The number of carbonyl (C=O) groups is 3. The summed E-state index contributed by atoms with van der Waals surface area (Å²) >= 11 is 1.59. The molecule has 0 saturated carbocycles. The fourth-order valence-electron chi connectivity index (χ4n) is 5.47. The predicted octanol–water partition coefficient (Wildman–Crippen LogP) is 2.99. The highest BCUT2D eigenvalue weighted by Gasteiger charge is 2.46. The molecule has 9 heteroatoms. The van der Waals surface area contributed by atoms with E-state index in [2.05, 4.69) is 4.98 Å². The number of aromatic nitrogens is 1. The molecule has 5 rings (SSSR count). The van der Waals surface area contributed by atoms with Crippen molar-refractivity contribution in [3.63, 3.8) is 0 Å². The number of Topliss-reactive ketones (excluding diaryl/α,β-unsaturated/α-hetero) is 1. The molecule has 0 unspecified atom stereocenters. The molecule has 1 fully saturated rings. The normalized spacial score (nSPS) is 20.5. The second kappa shape index (κ2) is 10.8. The molecule has 2 aromatic carbocycles. The Morgan fingerprint density at radius 2 is 1.89 bits per heavy atom. The van der Waals surface area contributed by atoms with Crippen LogP contribution in [0.15, 0.2) is 54.0 Å². The van der Waals surface area contributed by atoms with E-state index in [1.165, 1.54) is 16.7 Å². The zero-order valence-electron chi connectivity index (χ0n) is 21.4. The van der Waals surface area contributed by atoms with Crippen LogP contribution in [0, 0.1) is 6.92 Å². The first-order chi connectivity index (χ1) is 18.2. The van der Waals surface area contributed by atoms with Crippen LogP contribution in [0.3, 0.4) is 0 Å². The van der Waals surface area contributed by atoms with E-state index in [-0.39, 0.29) is 37.6 Å². The molecule has 0 bridgehead atoms. The van der Waals surface area contributed by atoms with Gasteiger partial charge >= 0.3 is 0 Å². The van der Waals surface area contributed by atoms with Crippen molar-refractivity contribution in [3.8, 4) is 10.4 Å². The van der Waals surface area contributed by atoms with E-state index in [1.807, 2.05) is 48.8 Å². The van der Waals surface area contributed by atoms with Gasteiger partial charge in [-0.1, -0.05) is 42.5 Å². The molecule has 38 heavy (non-hydrogen) atoms. The molecule has 1 saturated heterocycles. The van der Waals surface area contributed by atoms with Crippen LogP contribution in [0.1, 0.15) is 46.9 Å². The lowest BCUT2D eigenvalue weighted by molar-refractivity contribution is -0.144. The molecular weight excluding hydrogens is 502 g/mol. The number of fused-ring (bicyclic) bond motifs is 1. The van der Waals surface area contributed by atoms with Gasteiger partial charge in [-0.25, -0.2) is 4.98 Å². The molecule has 2 aliphatic rings. The first kappa shape index (κ1) is 26.2. The van der Waals surface area contributed by atoms with Gasteiger partial charge in [0.2, 0.25) is 5.91 Å². The Morgan fingerprint density at radius 3 is 2.55 bits per heavy atom. The maximum atomic E-state index is 13.7. The third kappa shape index (κ3) is 5.01. The van der Waals surface area contributed by atoms with Crippen LogP contribution in [0.5, 0.6) is 0 Å². The number of benzene rings is 2. The van der Waals surface area contributed by atoms with Crippen LogP contribution in [0.4, 0.5) is 0 Å². The minimum absolute atomic E-state index is 0.00363. The lowest BCUT2D eigenvalue weighted by Gasteiger charge is -2.34.